The molecule has 4 aromatic rings. The Morgan fingerprint density at radius 3 is 1.73 bits per heavy atom. The normalized spacial score (nSPS) is 11.9. The summed E-state index contributed by atoms with van der Waals surface area (Å²) >= 11 is 2.67. The number of thiazole rings is 2. The highest BCUT2D eigenvalue weighted by Gasteiger charge is 2.26. The number of rotatable bonds is 7. The fourth-order valence-electron chi connectivity index (χ4n) is 3.11. The molecule has 10 nitrogen and oxygen atoms in total. The van der Waals surface area contributed by atoms with Crippen molar-refractivity contribution in [1.82, 2.24) is 15.3 Å². The first-order valence-electron chi connectivity index (χ1n) is 11.9. The molecule has 0 bridgehead atoms. The van der Waals surface area contributed by atoms with Crippen LogP contribution in [0, 0.1) is 0 Å². The molecule has 2 aromatic heterocycles. The van der Waals surface area contributed by atoms with E-state index in [4.69, 9.17) is 10.5 Å². The van der Waals surface area contributed by atoms with E-state index in [1.807, 2.05) is 36.4 Å². The summed E-state index contributed by atoms with van der Waals surface area (Å²) < 4.78 is 5.23. The Morgan fingerprint density at radius 2 is 1.27 bits per heavy atom. The van der Waals surface area contributed by atoms with Gasteiger partial charge in [0.1, 0.15) is 17.7 Å². The summed E-state index contributed by atoms with van der Waals surface area (Å²) in [6.07, 6.45) is 2.58. The number of anilines is 2. The number of hydrogen-bond donors (Lipinski definition) is 4. The Labute approximate surface area is 246 Å². The average Bonchev–Trinajstić information content (AvgIpc) is 3.62. The van der Waals surface area contributed by atoms with Crippen molar-refractivity contribution in [2.45, 2.75) is 38.5 Å². The number of nitrogens with zero attached hydrogens (tertiary/aromatic N) is 2. The molecule has 3 amide bonds. The van der Waals surface area contributed by atoms with E-state index < -0.39 is 23.8 Å². The van der Waals surface area contributed by atoms with Crippen LogP contribution in [0.5, 0.6) is 0 Å². The van der Waals surface area contributed by atoms with Gasteiger partial charge in [0.2, 0.25) is 5.91 Å². The number of nitrogens with one attached hydrogen (secondary N) is 3. The number of halogens is 1. The minimum Gasteiger partial charge on any atom is -0.444 e. The molecule has 0 aliphatic rings. The molecule has 0 fully saturated rings. The molecule has 5 N–H and O–H groups in total. The summed E-state index contributed by atoms with van der Waals surface area (Å²) in [4.78, 5) is 44.2. The van der Waals surface area contributed by atoms with Gasteiger partial charge in [0.15, 0.2) is 10.3 Å². The van der Waals surface area contributed by atoms with Crippen molar-refractivity contribution in [2.24, 2.45) is 5.73 Å². The van der Waals surface area contributed by atoms with Crippen LogP contribution in [0.3, 0.4) is 0 Å². The lowest BCUT2D eigenvalue weighted by Gasteiger charge is -2.23. The minimum absolute atomic E-state index is 0. The summed E-state index contributed by atoms with van der Waals surface area (Å²) in [6, 6.07) is 16.7. The van der Waals surface area contributed by atoms with Crippen molar-refractivity contribution in [3.8, 4) is 0 Å². The quantitative estimate of drug-likeness (QED) is 0.217. The second kappa shape index (κ2) is 15.7. The number of benzene rings is 2. The molecule has 2 unspecified atom stereocenters. The fourth-order valence-corrected chi connectivity index (χ4v) is 4.18. The highest BCUT2D eigenvalue weighted by molar-refractivity contribution is 7.14. The van der Waals surface area contributed by atoms with Gasteiger partial charge >= 0.3 is 6.09 Å². The number of amides is 3. The predicted octanol–water partition coefficient (Wildman–Crippen LogP) is 5.55. The molecule has 40 heavy (non-hydrogen) atoms. The maximum absolute atomic E-state index is 12.5. The van der Waals surface area contributed by atoms with Crippen molar-refractivity contribution < 1.29 is 19.1 Å². The van der Waals surface area contributed by atoms with E-state index >= 15 is 0 Å². The lowest BCUT2D eigenvalue weighted by Crippen LogP contribution is -2.40. The zero-order valence-corrected chi connectivity index (χ0v) is 24.5. The highest BCUT2D eigenvalue weighted by Crippen LogP contribution is 2.19. The Kier molecular flexibility index (Phi) is 12.7. The smallest absolute Gasteiger partial charge is 0.408 e. The summed E-state index contributed by atoms with van der Waals surface area (Å²) in [5.41, 5.74) is 6.63. The van der Waals surface area contributed by atoms with E-state index in [1.165, 1.54) is 22.7 Å². The van der Waals surface area contributed by atoms with E-state index in [0.29, 0.717) is 15.8 Å². The molecule has 2 aromatic carbocycles. The number of nitrogens with two attached hydrogens (primary N) is 1. The van der Waals surface area contributed by atoms with Crippen LogP contribution >= 0.6 is 35.1 Å². The molecule has 0 saturated carbocycles. The largest absolute Gasteiger partial charge is 0.444 e. The number of ether oxygens (including phenoxy) is 1. The van der Waals surface area contributed by atoms with Gasteiger partial charge in [-0.3, -0.25) is 14.9 Å². The number of alkyl carbamates (subject to hydrolysis) is 1. The van der Waals surface area contributed by atoms with E-state index in [2.05, 4.69) is 25.9 Å². The Morgan fingerprint density at radius 1 is 0.800 bits per heavy atom. The van der Waals surface area contributed by atoms with Gasteiger partial charge in [-0.25, -0.2) is 14.8 Å². The number of hydrogen-bond acceptors (Lipinski definition) is 9. The van der Waals surface area contributed by atoms with Gasteiger partial charge in [-0.2, -0.15) is 0 Å². The summed E-state index contributed by atoms with van der Waals surface area (Å²) in [6.45, 7) is 5.29. The van der Waals surface area contributed by atoms with Gasteiger partial charge < -0.3 is 21.1 Å². The molecule has 2 atom stereocenters. The van der Waals surface area contributed by atoms with Gasteiger partial charge in [-0.05, 0) is 31.9 Å². The molecular weight excluding hydrogens is 572 g/mol. The molecule has 212 valence electrons. The zero-order valence-electron chi connectivity index (χ0n) is 22.1. The van der Waals surface area contributed by atoms with Crippen LogP contribution in [0.4, 0.5) is 15.1 Å². The number of aromatic nitrogens is 2. The SMILES string of the molecule is CC(C)(C)OC(=O)NC(C(=O)Nc1nccs1)c1ccccc1.Cl.NC(C(=O)Nc1nccs1)c1ccccc1. The molecule has 0 spiro atoms. The van der Waals surface area contributed by atoms with Crippen molar-refractivity contribution in [3.63, 3.8) is 0 Å². The van der Waals surface area contributed by atoms with Gasteiger partial charge in [0.25, 0.3) is 5.91 Å². The van der Waals surface area contributed by atoms with Crippen LogP contribution in [0.25, 0.3) is 0 Å². The Balaban J connectivity index is 0.000000290. The average molecular weight is 603 g/mol. The second-order valence-electron chi connectivity index (χ2n) is 9.03. The van der Waals surface area contributed by atoms with Crippen LogP contribution in [-0.2, 0) is 14.3 Å². The van der Waals surface area contributed by atoms with Gasteiger partial charge in [-0.15, -0.1) is 35.1 Å². The lowest BCUT2D eigenvalue weighted by atomic mass is 10.1. The van der Waals surface area contributed by atoms with Crippen molar-refractivity contribution in [2.75, 3.05) is 10.6 Å². The third-order valence-corrected chi connectivity index (χ3v) is 6.20. The molecule has 0 aliphatic carbocycles. The monoisotopic (exact) mass is 602 g/mol. The fraction of sp³-hybridized carbons (Fsp3) is 0.222. The number of carbonyl (C=O) groups is 3. The standard InChI is InChI=1S/C16H19N3O3S.C11H11N3OS.ClH/c1-16(2,3)22-15(21)18-12(11-7-5-4-6-8-11)13(20)19-14-17-9-10-23-14;12-9(8-4-2-1-3-5-8)10(15)14-11-13-6-7-16-11;/h4-10,12H,1-3H3,(H,18,21)(H,17,19,20);1-7,9H,12H2,(H,13,14,15);1H. The van der Waals surface area contributed by atoms with Crippen LogP contribution in [0.1, 0.15) is 44.0 Å². The van der Waals surface area contributed by atoms with E-state index in [9.17, 15) is 14.4 Å². The summed E-state index contributed by atoms with van der Waals surface area (Å²) in [7, 11) is 0. The highest BCUT2D eigenvalue weighted by atomic mass is 35.5. The molecule has 0 saturated heterocycles. The first kappa shape index (κ1) is 32.4. The maximum Gasteiger partial charge on any atom is 0.408 e. The van der Waals surface area contributed by atoms with E-state index in [-0.39, 0.29) is 24.2 Å². The topological polar surface area (TPSA) is 148 Å². The summed E-state index contributed by atoms with van der Waals surface area (Å²) in [5, 5.41) is 12.5. The molecule has 0 radical (unpaired) electrons. The zero-order chi connectivity index (χ0) is 28.3. The minimum atomic E-state index is -0.866. The molecule has 0 aliphatic heterocycles. The van der Waals surface area contributed by atoms with Gasteiger partial charge in [0, 0.05) is 23.2 Å². The van der Waals surface area contributed by atoms with E-state index in [1.54, 1.807) is 68.2 Å². The summed E-state index contributed by atoms with van der Waals surface area (Å²) in [5.74, 6) is -0.627. The Bertz CT molecular complexity index is 1320. The predicted molar refractivity (Wildman–Crippen MR) is 161 cm³/mol. The molecule has 2 heterocycles. The van der Waals surface area contributed by atoms with Crippen molar-refractivity contribution >= 4 is 63.3 Å². The first-order valence-corrected chi connectivity index (χ1v) is 13.6. The second-order valence-corrected chi connectivity index (χ2v) is 10.8. The molecular formula is C27H31ClN6O4S2. The van der Waals surface area contributed by atoms with Crippen LogP contribution in [0.2, 0.25) is 0 Å². The number of carbonyl (C=O) groups excluding carboxylic acids is 3. The van der Waals surface area contributed by atoms with Crippen LogP contribution < -0.4 is 21.7 Å². The molecule has 4 rings (SSSR count). The maximum atomic E-state index is 12.5. The van der Waals surface area contributed by atoms with Gasteiger partial charge in [-0.1, -0.05) is 60.7 Å². The Hall–Kier alpha value is -3.84. The van der Waals surface area contributed by atoms with E-state index in [0.717, 1.165) is 5.56 Å². The molecule has 13 heteroatoms. The third-order valence-electron chi connectivity index (χ3n) is 4.82. The third kappa shape index (κ3) is 10.7. The van der Waals surface area contributed by atoms with Crippen LogP contribution in [0.15, 0.2) is 83.8 Å². The van der Waals surface area contributed by atoms with Crippen molar-refractivity contribution in [1.29, 1.82) is 0 Å². The lowest BCUT2D eigenvalue weighted by molar-refractivity contribution is -0.118. The van der Waals surface area contributed by atoms with Crippen LogP contribution in [-0.4, -0.2) is 33.5 Å². The first-order chi connectivity index (χ1) is 18.6. The van der Waals surface area contributed by atoms with Gasteiger partial charge in [0.05, 0.1) is 0 Å². The van der Waals surface area contributed by atoms with Crippen molar-refractivity contribution in [3.05, 3.63) is 94.9 Å².